The van der Waals surface area contributed by atoms with Crippen LogP contribution in [0.15, 0.2) is 28.7 Å². The molecule has 0 aromatic heterocycles. The van der Waals surface area contributed by atoms with Crippen molar-refractivity contribution >= 4 is 56.6 Å². The standard InChI is InChI=1S/C16H21BrCl3NO2/c1-2-3-4-5-6-7-14(22)21-15(16(18,19)20)23-13-10-8-12(17)9-11-13/h8-11,15H,2-7H2,1H3,(H,21,22). The van der Waals surface area contributed by atoms with E-state index in [0.29, 0.717) is 12.2 Å². The van der Waals surface area contributed by atoms with Gasteiger partial charge in [0.15, 0.2) is 0 Å². The van der Waals surface area contributed by atoms with Crippen molar-refractivity contribution < 1.29 is 9.53 Å². The Morgan fingerprint density at radius 3 is 2.35 bits per heavy atom. The summed E-state index contributed by atoms with van der Waals surface area (Å²) >= 11 is 21.1. The third-order valence-electron chi connectivity index (χ3n) is 3.16. The number of benzene rings is 1. The molecule has 0 heterocycles. The SMILES string of the molecule is CCCCCCCC(=O)NC(Oc1ccc(Br)cc1)C(Cl)(Cl)Cl. The van der Waals surface area contributed by atoms with Crippen molar-refractivity contribution in [2.75, 3.05) is 0 Å². The third kappa shape index (κ3) is 9.04. The Labute approximate surface area is 161 Å². The number of nitrogens with one attached hydrogen (secondary N) is 1. The van der Waals surface area contributed by atoms with Crippen molar-refractivity contribution in [3.05, 3.63) is 28.7 Å². The number of hydrogen-bond donors (Lipinski definition) is 1. The van der Waals surface area contributed by atoms with Gasteiger partial charge in [0, 0.05) is 10.9 Å². The lowest BCUT2D eigenvalue weighted by Gasteiger charge is -2.26. The average Bonchev–Trinajstić information content (AvgIpc) is 2.47. The number of alkyl halides is 3. The number of hydrogen-bond acceptors (Lipinski definition) is 2. The summed E-state index contributed by atoms with van der Waals surface area (Å²) < 4.78 is 4.75. The van der Waals surface area contributed by atoms with E-state index in [9.17, 15) is 4.79 Å². The van der Waals surface area contributed by atoms with E-state index in [1.807, 2.05) is 0 Å². The summed E-state index contributed by atoms with van der Waals surface area (Å²) in [6, 6.07) is 7.06. The molecule has 130 valence electrons. The summed E-state index contributed by atoms with van der Waals surface area (Å²) in [6.45, 7) is 2.15. The topological polar surface area (TPSA) is 38.3 Å². The molecule has 1 rings (SSSR count). The van der Waals surface area contributed by atoms with Gasteiger partial charge in [-0.2, -0.15) is 0 Å². The zero-order valence-corrected chi connectivity index (χ0v) is 16.8. The lowest BCUT2D eigenvalue weighted by Crippen LogP contribution is -2.47. The van der Waals surface area contributed by atoms with Gasteiger partial charge >= 0.3 is 0 Å². The van der Waals surface area contributed by atoms with E-state index in [1.54, 1.807) is 24.3 Å². The molecule has 1 aromatic rings. The number of rotatable bonds is 9. The van der Waals surface area contributed by atoms with Crippen LogP contribution in [0, 0.1) is 0 Å². The first kappa shape index (κ1) is 20.9. The molecular weight excluding hydrogens is 424 g/mol. The van der Waals surface area contributed by atoms with Gasteiger partial charge in [-0.05, 0) is 30.7 Å². The highest BCUT2D eigenvalue weighted by Crippen LogP contribution is 2.32. The maximum absolute atomic E-state index is 12.0. The second-order valence-corrected chi connectivity index (χ2v) is 8.51. The van der Waals surface area contributed by atoms with E-state index < -0.39 is 10.0 Å². The van der Waals surface area contributed by atoms with Crippen molar-refractivity contribution in [1.82, 2.24) is 5.32 Å². The summed E-state index contributed by atoms with van der Waals surface area (Å²) in [5.41, 5.74) is 0. The smallest absolute Gasteiger partial charge is 0.246 e. The van der Waals surface area contributed by atoms with E-state index in [2.05, 4.69) is 28.2 Å². The van der Waals surface area contributed by atoms with Crippen LogP contribution in [0.25, 0.3) is 0 Å². The van der Waals surface area contributed by atoms with Gasteiger partial charge in [0.25, 0.3) is 0 Å². The molecule has 1 atom stereocenters. The van der Waals surface area contributed by atoms with Crippen molar-refractivity contribution in [2.45, 2.75) is 55.5 Å². The molecular formula is C16H21BrCl3NO2. The van der Waals surface area contributed by atoms with Gasteiger partial charge in [0.2, 0.25) is 15.9 Å². The third-order valence-corrected chi connectivity index (χ3v) is 4.29. The number of halogens is 4. The Morgan fingerprint density at radius 2 is 1.78 bits per heavy atom. The first-order chi connectivity index (χ1) is 10.8. The predicted octanol–water partition coefficient (Wildman–Crippen LogP) is 6.00. The summed E-state index contributed by atoms with van der Waals surface area (Å²) in [4.78, 5) is 12.0. The van der Waals surface area contributed by atoms with E-state index in [-0.39, 0.29) is 5.91 Å². The van der Waals surface area contributed by atoms with Crippen LogP contribution >= 0.6 is 50.7 Å². The van der Waals surface area contributed by atoms with E-state index in [1.165, 1.54) is 12.8 Å². The molecule has 1 aromatic carbocycles. The molecule has 0 radical (unpaired) electrons. The van der Waals surface area contributed by atoms with Gasteiger partial charge in [0.05, 0.1) is 0 Å². The second kappa shape index (κ2) is 10.7. The fourth-order valence-corrected chi connectivity index (χ4v) is 2.50. The van der Waals surface area contributed by atoms with Gasteiger partial charge in [0.1, 0.15) is 5.75 Å². The van der Waals surface area contributed by atoms with E-state index in [0.717, 1.165) is 23.7 Å². The number of carbonyl (C=O) groups excluding carboxylic acids is 1. The molecule has 23 heavy (non-hydrogen) atoms. The van der Waals surface area contributed by atoms with Gasteiger partial charge in [-0.3, -0.25) is 4.79 Å². The van der Waals surface area contributed by atoms with Crippen LogP contribution in [-0.2, 0) is 4.79 Å². The quantitative estimate of drug-likeness (QED) is 0.288. The van der Waals surface area contributed by atoms with Crippen LogP contribution < -0.4 is 10.1 Å². The normalized spacial score (nSPS) is 12.7. The van der Waals surface area contributed by atoms with Crippen LogP contribution in [-0.4, -0.2) is 15.9 Å². The van der Waals surface area contributed by atoms with Crippen LogP contribution in [0.4, 0.5) is 0 Å². The lowest BCUT2D eigenvalue weighted by molar-refractivity contribution is -0.123. The molecule has 0 bridgehead atoms. The molecule has 7 heteroatoms. The first-order valence-electron chi connectivity index (χ1n) is 7.61. The largest absolute Gasteiger partial charge is 0.466 e. The zero-order valence-electron chi connectivity index (χ0n) is 13.0. The molecule has 1 unspecified atom stereocenters. The molecule has 0 aliphatic carbocycles. The monoisotopic (exact) mass is 443 g/mol. The maximum atomic E-state index is 12.0. The fourth-order valence-electron chi connectivity index (χ4n) is 1.93. The van der Waals surface area contributed by atoms with Crippen LogP contribution in [0.3, 0.4) is 0 Å². The highest BCUT2D eigenvalue weighted by atomic mass is 79.9. The Hall–Kier alpha value is -0.160. The fraction of sp³-hybridized carbons (Fsp3) is 0.562. The Bertz CT molecular complexity index is 477. The second-order valence-electron chi connectivity index (χ2n) is 5.23. The highest BCUT2D eigenvalue weighted by molar-refractivity contribution is 9.10. The minimum absolute atomic E-state index is 0.185. The number of carbonyl (C=O) groups is 1. The zero-order chi connectivity index (χ0) is 17.3. The van der Waals surface area contributed by atoms with Gasteiger partial charge in [-0.15, -0.1) is 0 Å². The summed E-state index contributed by atoms with van der Waals surface area (Å²) in [7, 11) is 0. The Morgan fingerprint density at radius 1 is 1.17 bits per heavy atom. The molecule has 0 spiro atoms. The van der Waals surface area contributed by atoms with Crippen molar-refractivity contribution in [3.63, 3.8) is 0 Å². The molecule has 0 aliphatic rings. The molecule has 0 fully saturated rings. The van der Waals surface area contributed by atoms with Gasteiger partial charge in [-0.25, -0.2) is 0 Å². The van der Waals surface area contributed by atoms with Crippen molar-refractivity contribution in [2.24, 2.45) is 0 Å². The number of amides is 1. The molecule has 0 aliphatic heterocycles. The lowest BCUT2D eigenvalue weighted by atomic mass is 10.1. The summed E-state index contributed by atoms with van der Waals surface area (Å²) in [5.74, 6) is 0.322. The maximum Gasteiger partial charge on any atom is 0.246 e. The summed E-state index contributed by atoms with van der Waals surface area (Å²) in [6.07, 6.45) is 4.67. The van der Waals surface area contributed by atoms with Crippen LogP contribution in [0.2, 0.25) is 0 Å². The van der Waals surface area contributed by atoms with Crippen LogP contribution in [0.5, 0.6) is 5.75 Å². The average molecular weight is 446 g/mol. The minimum Gasteiger partial charge on any atom is -0.466 e. The molecule has 1 N–H and O–H groups in total. The van der Waals surface area contributed by atoms with E-state index >= 15 is 0 Å². The Balaban J connectivity index is 2.51. The Kier molecular flexibility index (Phi) is 9.67. The van der Waals surface area contributed by atoms with Crippen molar-refractivity contribution in [3.8, 4) is 5.75 Å². The van der Waals surface area contributed by atoms with E-state index in [4.69, 9.17) is 39.5 Å². The molecule has 0 saturated carbocycles. The predicted molar refractivity (Wildman–Crippen MR) is 100 cm³/mol. The summed E-state index contributed by atoms with van der Waals surface area (Å²) in [5, 5.41) is 2.64. The number of ether oxygens (including phenoxy) is 1. The minimum atomic E-state index is -1.76. The first-order valence-corrected chi connectivity index (χ1v) is 9.54. The number of unbranched alkanes of at least 4 members (excludes halogenated alkanes) is 4. The van der Waals surface area contributed by atoms with Gasteiger partial charge < -0.3 is 10.1 Å². The molecule has 3 nitrogen and oxygen atoms in total. The van der Waals surface area contributed by atoms with Crippen LogP contribution in [0.1, 0.15) is 45.4 Å². The van der Waals surface area contributed by atoms with Crippen molar-refractivity contribution in [1.29, 1.82) is 0 Å². The highest BCUT2D eigenvalue weighted by Gasteiger charge is 2.36. The molecule has 1 amide bonds. The molecule has 0 saturated heterocycles. The van der Waals surface area contributed by atoms with Gasteiger partial charge in [-0.1, -0.05) is 83.3 Å².